The molecule has 0 saturated heterocycles. The lowest BCUT2D eigenvalue weighted by Crippen LogP contribution is -2.67. The summed E-state index contributed by atoms with van der Waals surface area (Å²) >= 11 is 0. The molecule has 1 heterocycles. The van der Waals surface area contributed by atoms with Gasteiger partial charge in [-0.25, -0.2) is 0 Å². The summed E-state index contributed by atoms with van der Waals surface area (Å²) in [6, 6.07) is 25.2. The lowest BCUT2D eigenvalue weighted by atomic mass is 10.1. The molecule has 1 atom stereocenters. The zero-order chi connectivity index (χ0) is 22.3. The number of nitrogens with zero attached hydrogens (tertiary/aromatic N) is 1. The normalized spacial score (nSPS) is 13.8. The van der Waals surface area contributed by atoms with Crippen molar-refractivity contribution in [2.75, 3.05) is 6.61 Å². The van der Waals surface area contributed by atoms with Crippen LogP contribution in [0.15, 0.2) is 90.8 Å². The Morgan fingerprint density at radius 2 is 1.55 bits per heavy atom. The van der Waals surface area contributed by atoms with Crippen LogP contribution in [-0.4, -0.2) is 31.1 Å². The van der Waals surface area contributed by atoms with Gasteiger partial charge >= 0.3 is 0 Å². The molecule has 1 N–H and O–H groups in total. The van der Waals surface area contributed by atoms with Crippen molar-refractivity contribution in [1.29, 1.82) is 0 Å². The molecule has 2 aromatic carbocycles. The number of aliphatic hydroxyl groups excluding tert-OH is 1. The summed E-state index contributed by atoms with van der Waals surface area (Å²) < 4.78 is 7.24. The van der Waals surface area contributed by atoms with Gasteiger partial charge in [-0.3, -0.25) is 4.98 Å². The smallest absolute Gasteiger partial charge is 0.261 e. The first-order valence-corrected chi connectivity index (χ1v) is 12.8. The Morgan fingerprint density at radius 1 is 0.968 bits per heavy atom. The average molecular weight is 432 g/mol. The predicted molar refractivity (Wildman–Crippen MR) is 132 cm³/mol. The van der Waals surface area contributed by atoms with E-state index in [1.54, 1.807) is 6.20 Å². The van der Waals surface area contributed by atoms with Gasteiger partial charge in [0.25, 0.3) is 8.32 Å². The van der Waals surface area contributed by atoms with E-state index in [0.29, 0.717) is 6.42 Å². The number of rotatable bonds is 8. The van der Waals surface area contributed by atoms with E-state index in [-0.39, 0.29) is 17.7 Å². The van der Waals surface area contributed by atoms with Crippen molar-refractivity contribution in [2.45, 2.75) is 45.3 Å². The molecule has 3 aromatic rings. The summed E-state index contributed by atoms with van der Waals surface area (Å²) in [4.78, 5) is 4.23. The molecule has 31 heavy (non-hydrogen) atoms. The predicted octanol–water partition coefficient (Wildman–Crippen LogP) is 4.81. The van der Waals surface area contributed by atoms with Crippen molar-refractivity contribution >= 4 is 24.8 Å². The molecule has 4 heteroatoms. The van der Waals surface area contributed by atoms with Gasteiger partial charge in [-0.15, -0.1) is 0 Å². The molecule has 0 saturated carbocycles. The molecule has 0 radical (unpaired) electrons. The summed E-state index contributed by atoms with van der Waals surface area (Å²) in [5.74, 6) is 0. The van der Waals surface area contributed by atoms with E-state index in [0.717, 1.165) is 11.1 Å². The van der Waals surface area contributed by atoms with Crippen LogP contribution in [-0.2, 0) is 4.43 Å². The molecule has 0 amide bonds. The zero-order valence-electron chi connectivity index (χ0n) is 19.0. The highest BCUT2D eigenvalue weighted by molar-refractivity contribution is 6.99. The molecule has 1 aromatic heterocycles. The second kappa shape index (κ2) is 10.2. The third-order valence-corrected chi connectivity index (χ3v) is 10.8. The highest BCUT2D eigenvalue weighted by Crippen LogP contribution is 2.38. The quantitative estimate of drug-likeness (QED) is 0.520. The standard InChI is InChI=1S/C27H33NO2Si/c1-22(20-23-12-11-18-28-21-23)26(17-19-29)30-31(27(2,3)4,24-13-7-5-8-14-24)25-15-9-6-10-16-25/h5-16,18,20-21,26,29H,17,19H2,1-4H3/b22-20+/t26-/m0/s1. The summed E-state index contributed by atoms with van der Waals surface area (Å²) in [5.41, 5.74) is 2.13. The van der Waals surface area contributed by atoms with Crippen molar-refractivity contribution in [2.24, 2.45) is 0 Å². The minimum Gasteiger partial charge on any atom is -0.401 e. The van der Waals surface area contributed by atoms with E-state index >= 15 is 0 Å². The summed E-state index contributed by atoms with van der Waals surface area (Å²) in [5, 5.41) is 12.3. The van der Waals surface area contributed by atoms with Crippen LogP contribution in [0.3, 0.4) is 0 Å². The maximum Gasteiger partial charge on any atom is 0.261 e. The van der Waals surface area contributed by atoms with Crippen LogP contribution in [0.25, 0.3) is 6.08 Å². The van der Waals surface area contributed by atoms with E-state index < -0.39 is 8.32 Å². The van der Waals surface area contributed by atoms with Gasteiger partial charge in [-0.2, -0.15) is 0 Å². The van der Waals surface area contributed by atoms with Gasteiger partial charge in [0.2, 0.25) is 0 Å². The lowest BCUT2D eigenvalue weighted by molar-refractivity contribution is 0.171. The Kier molecular flexibility index (Phi) is 7.60. The van der Waals surface area contributed by atoms with Crippen molar-refractivity contribution in [3.8, 4) is 0 Å². The average Bonchev–Trinajstić information content (AvgIpc) is 2.77. The van der Waals surface area contributed by atoms with Crippen LogP contribution in [0.2, 0.25) is 5.04 Å². The molecule has 3 rings (SSSR count). The maximum atomic E-state index is 9.89. The largest absolute Gasteiger partial charge is 0.401 e. The molecule has 0 aliphatic carbocycles. The van der Waals surface area contributed by atoms with Crippen LogP contribution in [0, 0.1) is 0 Å². The molecule has 162 valence electrons. The highest BCUT2D eigenvalue weighted by atomic mass is 28.4. The first kappa shape index (κ1) is 23.1. The van der Waals surface area contributed by atoms with Crippen LogP contribution >= 0.6 is 0 Å². The van der Waals surface area contributed by atoms with E-state index in [4.69, 9.17) is 4.43 Å². The Balaban J connectivity index is 2.15. The van der Waals surface area contributed by atoms with Gasteiger partial charge in [-0.1, -0.05) is 93.6 Å². The van der Waals surface area contributed by atoms with Crippen molar-refractivity contribution in [3.05, 3.63) is 96.3 Å². The summed E-state index contributed by atoms with van der Waals surface area (Å²) in [7, 11) is -2.70. The number of hydrogen-bond donors (Lipinski definition) is 1. The fraction of sp³-hybridized carbons (Fsp3) is 0.296. The van der Waals surface area contributed by atoms with E-state index in [9.17, 15) is 5.11 Å². The second-order valence-corrected chi connectivity index (χ2v) is 13.2. The molecule has 0 fully saturated rings. The Hall–Kier alpha value is -2.53. The first-order chi connectivity index (χ1) is 14.9. The van der Waals surface area contributed by atoms with Crippen molar-refractivity contribution < 1.29 is 9.53 Å². The summed E-state index contributed by atoms with van der Waals surface area (Å²) in [6.07, 6.45) is 6.09. The Morgan fingerprint density at radius 3 is 2.00 bits per heavy atom. The maximum absolute atomic E-state index is 9.89. The fourth-order valence-electron chi connectivity index (χ4n) is 4.22. The van der Waals surface area contributed by atoms with Gasteiger partial charge < -0.3 is 9.53 Å². The fourth-order valence-corrected chi connectivity index (χ4v) is 8.96. The monoisotopic (exact) mass is 431 g/mol. The number of benzene rings is 2. The third-order valence-electron chi connectivity index (χ3n) is 5.71. The van der Waals surface area contributed by atoms with Gasteiger partial charge in [0.15, 0.2) is 0 Å². The zero-order valence-corrected chi connectivity index (χ0v) is 20.0. The van der Waals surface area contributed by atoms with Crippen LogP contribution < -0.4 is 10.4 Å². The Labute approximate surface area is 187 Å². The molecule has 3 nitrogen and oxygen atoms in total. The Bertz CT molecular complexity index is 927. The molecule has 0 spiro atoms. The molecular formula is C27H33NO2Si. The van der Waals surface area contributed by atoms with Gasteiger partial charge in [0.1, 0.15) is 0 Å². The van der Waals surface area contributed by atoms with E-state index in [1.807, 2.05) is 18.3 Å². The third kappa shape index (κ3) is 5.21. The molecule has 0 aliphatic heterocycles. The lowest BCUT2D eigenvalue weighted by Gasteiger charge is -2.45. The molecule has 0 bridgehead atoms. The van der Waals surface area contributed by atoms with Crippen LogP contribution in [0.1, 0.15) is 39.7 Å². The number of aromatic nitrogens is 1. The number of aliphatic hydroxyl groups is 1. The van der Waals surface area contributed by atoms with Gasteiger partial charge in [0, 0.05) is 19.0 Å². The van der Waals surface area contributed by atoms with E-state index in [1.165, 1.54) is 10.4 Å². The van der Waals surface area contributed by atoms with Gasteiger partial charge in [-0.05, 0) is 46.0 Å². The van der Waals surface area contributed by atoms with Crippen molar-refractivity contribution in [1.82, 2.24) is 4.98 Å². The number of pyridine rings is 1. The van der Waals surface area contributed by atoms with Crippen molar-refractivity contribution in [3.63, 3.8) is 0 Å². The SMILES string of the molecule is C/C(=C\c1cccnc1)[C@H](CCO)O[Si](c1ccccc1)(c1ccccc1)C(C)(C)C. The highest BCUT2D eigenvalue weighted by Gasteiger charge is 2.51. The summed E-state index contributed by atoms with van der Waals surface area (Å²) in [6.45, 7) is 8.98. The second-order valence-electron chi connectivity index (χ2n) is 8.96. The minimum absolute atomic E-state index is 0.0705. The molecule has 0 aliphatic rings. The van der Waals surface area contributed by atoms with Gasteiger partial charge in [0.05, 0.1) is 6.10 Å². The van der Waals surface area contributed by atoms with Crippen LogP contribution in [0.5, 0.6) is 0 Å². The topological polar surface area (TPSA) is 42.4 Å². The number of hydrogen-bond acceptors (Lipinski definition) is 3. The first-order valence-electron chi connectivity index (χ1n) is 10.9. The molecule has 0 unspecified atom stereocenters. The molecular weight excluding hydrogens is 398 g/mol. The van der Waals surface area contributed by atoms with Crippen LogP contribution in [0.4, 0.5) is 0 Å². The minimum atomic E-state index is -2.70. The van der Waals surface area contributed by atoms with E-state index in [2.05, 4.69) is 99.4 Å².